The first-order valence-corrected chi connectivity index (χ1v) is 6.76. The molecule has 1 N–H and O–H groups in total. The Hall–Kier alpha value is -1.88. The molecule has 1 aliphatic rings. The number of hydrogen-bond acceptors (Lipinski definition) is 4. The molecule has 0 saturated carbocycles. The monoisotopic (exact) mass is 277 g/mol. The van der Waals surface area contributed by atoms with Crippen molar-refractivity contribution in [1.82, 2.24) is 5.32 Å². The van der Waals surface area contributed by atoms with E-state index in [1.165, 1.54) is 6.92 Å². The number of carbonyl (C=O) groups is 2. The van der Waals surface area contributed by atoms with Crippen LogP contribution in [0.2, 0.25) is 0 Å². The van der Waals surface area contributed by atoms with E-state index < -0.39 is 0 Å². The van der Waals surface area contributed by atoms with Gasteiger partial charge in [0.1, 0.15) is 5.75 Å². The summed E-state index contributed by atoms with van der Waals surface area (Å²) in [5.41, 5.74) is 0.576. The van der Waals surface area contributed by atoms with Gasteiger partial charge in [0.2, 0.25) is 0 Å². The average Bonchev–Trinajstić information content (AvgIpc) is 2.46. The highest BCUT2D eigenvalue weighted by atomic mass is 16.5. The molecule has 20 heavy (non-hydrogen) atoms. The lowest BCUT2D eigenvalue weighted by Crippen LogP contribution is -2.41. The van der Waals surface area contributed by atoms with Crippen LogP contribution in [0.5, 0.6) is 5.75 Å². The van der Waals surface area contributed by atoms with Crippen molar-refractivity contribution in [1.29, 1.82) is 0 Å². The van der Waals surface area contributed by atoms with E-state index in [1.807, 2.05) is 0 Å². The van der Waals surface area contributed by atoms with Crippen molar-refractivity contribution in [2.45, 2.75) is 25.8 Å². The number of carbonyl (C=O) groups excluding carboxylic acids is 2. The minimum Gasteiger partial charge on any atom is -0.484 e. The third-order valence-corrected chi connectivity index (χ3v) is 3.20. The van der Waals surface area contributed by atoms with Crippen molar-refractivity contribution in [2.24, 2.45) is 0 Å². The van der Waals surface area contributed by atoms with E-state index in [4.69, 9.17) is 9.47 Å². The minimum atomic E-state index is -0.148. The zero-order chi connectivity index (χ0) is 14.4. The Morgan fingerprint density at radius 2 is 2.10 bits per heavy atom. The van der Waals surface area contributed by atoms with Gasteiger partial charge in [-0.05, 0) is 31.9 Å². The summed E-state index contributed by atoms with van der Waals surface area (Å²) in [6.07, 6.45) is 1.68. The summed E-state index contributed by atoms with van der Waals surface area (Å²) in [5, 5.41) is 2.92. The van der Waals surface area contributed by atoms with Gasteiger partial charge in [0.05, 0.1) is 0 Å². The molecule has 1 aromatic rings. The molecule has 0 aromatic heterocycles. The normalized spacial score (nSPS) is 15.7. The molecule has 2 rings (SSSR count). The number of Topliss-reactive ketones (excluding diaryl/α,β-unsaturated/α-hetero) is 1. The van der Waals surface area contributed by atoms with E-state index in [-0.39, 0.29) is 24.3 Å². The quantitative estimate of drug-likeness (QED) is 0.830. The van der Waals surface area contributed by atoms with Gasteiger partial charge in [0.15, 0.2) is 12.4 Å². The third-order valence-electron chi connectivity index (χ3n) is 3.20. The predicted octanol–water partition coefficient (Wildman–Crippen LogP) is 1.56. The Morgan fingerprint density at radius 1 is 1.35 bits per heavy atom. The number of hydrogen-bond donors (Lipinski definition) is 1. The number of benzene rings is 1. The second-order valence-corrected chi connectivity index (χ2v) is 4.83. The van der Waals surface area contributed by atoms with Crippen LogP contribution in [-0.2, 0) is 9.53 Å². The number of ether oxygens (including phenoxy) is 2. The van der Waals surface area contributed by atoms with Crippen molar-refractivity contribution in [3.63, 3.8) is 0 Å². The minimum absolute atomic E-state index is 0.0258. The molecule has 1 heterocycles. The van der Waals surface area contributed by atoms with Crippen molar-refractivity contribution < 1.29 is 19.1 Å². The largest absolute Gasteiger partial charge is 0.484 e. The van der Waals surface area contributed by atoms with Gasteiger partial charge in [-0.15, -0.1) is 0 Å². The van der Waals surface area contributed by atoms with Crippen LogP contribution in [0.1, 0.15) is 30.1 Å². The van der Waals surface area contributed by atoms with Gasteiger partial charge in [0.25, 0.3) is 5.91 Å². The van der Waals surface area contributed by atoms with Gasteiger partial charge in [-0.2, -0.15) is 0 Å². The second kappa shape index (κ2) is 7.05. The lowest BCUT2D eigenvalue weighted by molar-refractivity contribution is -0.124. The van der Waals surface area contributed by atoms with Crippen LogP contribution in [0.15, 0.2) is 24.3 Å². The molecule has 1 aliphatic heterocycles. The van der Waals surface area contributed by atoms with Crippen LogP contribution in [0, 0.1) is 0 Å². The van der Waals surface area contributed by atoms with Crippen molar-refractivity contribution >= 4 is 11.7 Å². The van der Waals surface area contributed by atoms with E-state index in [9.17, 15) is 9.59 Å². The first-order valence-electron chi connectivity index (χ1n) is 6.76. The number of ketones is 1. The molecule has 0 atom stereocenters. The Kier molecular flexibility index (Phi) is 5.12. The molecule has 1 saturated heterocycles. The Balaban J connectivity index is 1.80. The maximum absolute atomic E-state index is 11.8. The summed E-state index contributed by atoms with van der Waals surface area (Å²) >= 11 is 0. The maximum Gasteiger partial charge on any atom is 0.258 e. The van der Waals surface area contributed by atoms with E-state index >= 15 is 0 Å². The Morgan fingerprint density at radius 3 is 2.80 bits per heavy atom. The highest BCUT2D eigenvalue weighted by Gasteiger charge is 2.16. The zero-order valence-corrected chi connectivity index (χ0v) is 11.6. The SMILES string of the molecule is CC(=O)c1cccc(OCC(=O)NC2CCOCC2)c1. The van der Waals surface area contributed by atoms with Crippen LogP contribution >= 0.6 is 0 Å². The number of nitrogens with one attached hydrogen (secondary N) is 1. The number of amides is 1. The molecule has 108 valence electrons. The van der Waals surface area contributed by atoms with Gasteiger partial charge in [-0.25, -0.2) is 0 Å². The summed E-state index contributed by atoms with van der Waals surface area (Å²) in [5.74, 6) is 0.354. The highest BCUT2D eigenvalue weighted by molar-refractivity contribution is 5.94. The van der Waals surface area contributed by atoms with E-state index in [1.54, 1.807) is 24.3 Å². The summed E-state index contributed by atoms with van der Waals surface area (Å²) in [6, 6.07) is 7.00. The first-order chi connectivity index (χ1) is 9.65. The molecule has 0 radical (unpaired) electrons. The fourth-order valence-corrected chi connectivity index (χ4v) is 2.07. The lowest BCUT2D eigenvalue weighted by Gasteiger charge is -2.23. The molecule has 0 spiro atoms. The van der Waals surface area contributed by atoms with Crippen molar-refractivity contribution in [3.05, 3.63) is 29.8 Å². The van der Waals surface area contributed by atoms with E-state index in [2.05, 4.69) is 5.32 Å². The predicted molar refractivity (Wildman–Crippen MR) is 73.9 cm³/mol. The highest BCUT2D eigenvalue weighted by Crippen LogP contribution is 2.13. The van der Waals surface area contributed by atoms with Crippen molar-refractivity contribution in [2.75, 3.05) is 19.8 Å². The molecule has 0 aliphatic carbocycles. The van der Waals surface area contributed by atoms with Crippen molar-refractivity contribution in [3.8, 4) is 5.75 Å². The van der Waals surface area contributed by atoms with Gasteiger partial charge in [-0.3, -0.25) is 9.59 Å². The molecule has 5 heteroatoms. The van der Waals surface area contributed by atoms with E-state index in [0.717, 1.165) is 12.8 Å². The van der Waals surface area contributed by atoms with Crippen LogP contribution in [-0.4, -0.2) is 37.6 Å². The summed E-state index contributed by atoms with van der Waals surface area (Å²) in [6.45, 7) is 2.83. The zero-order valence-electron chi connectivity index (χ0n) is 11.6. The maximum atomic E-state index is 11.8. The summed E-state index contributed by atoms with van der Waals surface area (Å²) in [4.78, 5) is 23.0. The Labute approximate surface area is 118 Å². The molecular formula is C15H19NO4. The number of rotatable bonds is 5. The summed E-state index contributed by atoms with van der Waals surface area (Å²) in [7, 11) is 0. The van der Waals surface area contributed by atoms with Gasteiger partial charge < -0.3 is 14.8 Å². The van der Waals surface area contributed by atoms with Gasteiger partial charge in [-0.1, -0.05) is 12.1 Å². The lowest BCUT2D eigenvalue weighted by atomic mass is 10.1. The molecule has 1 aromatic carbocycles. The average molecular weight is 277 g/mol. The van der Waals surface area contributed by atoms with Crippen LogP contribution < -0.4 is 10.1 Å². The van der Waals surface area contributed by atoms with Crippen LogP contribution in [0.25, 0.3) is 0 Å². The van der Waals surface area contributed by atoms with Crippen LogP contribution in [0.4, 0.5) is 0 Å². The topological polar surface area (TPSA) is 64.6 Å². The first kappa shape index (κ1) is 14.5. The third kappa shape index (κ3) is 4.35. The molecule has 1 fully saturated rings. The van der Waals surface area contributed by atoms with Crippen LogP contribution in [0.3, 0.4) is 0 Å². The molecule has 5 nitrogen and oxygen atoms in total. The van der Waals surface area contributed by atoms with Gasteiger partial charge >= 0.3 is 0 Å². The fraction of sp³-hybridized carbons (Fsp3) is 0.467. The fourth-order valence-electron chi connectivity index (χ4n) is 2.07. The molecular weight excluding hydrogens is 258 g/mol. The second-order valence-electron chi connectivity index (χ2n) is 4.83. The summed E-state index contributed by atoms with van der Waals surface area (Å²) < 4.78 is 10.6. The Bertz CT molecular complexity index is 481. The standard InChI is InChI=1S/C15H19NO4/c1-11(17)12-3-2-4-14(9-12)20-10-15(18)16-13-5-7-19-8-6-13/h2-4,9,13H,5-8,10H2,1H3,(H,16,18). The molecule has 0 unspecified atom stereocenters. The molecule has 1 amide bonds. The van der Waals surface area contributed by atoms with E-state index in [0.29, 0.717) is 24.5 Å². The smallest absolute Gasteiger partial charge is 0.258 e. The van der Waals surface area contributed by atoms with Gasteiger partial charge in [0, 0.05) is 24.8 Å². The molecule has 0 bridgehead atoms.